The molecule has 0 heterocycles. The maximum absolute atomic E-state index is 11.6. The zero-order chi connectivity index (χ0) is 12.0. The quantitative estimate of drug-likeness (QED) is 0.476. The predicted molar refractivity (Wildman–Crippen MR) is 60.7 cm³/mol. The molecule has 0 fully saturated rings. The summed E-state index contributed by atoms with van der Waals surface area (Å²) in [5.41, 5.74) is 7.44. The molecule has 0 aliphatic heterocycles. The lowest BCUT2D eigenvalue weighted by Gasteiger charge is -2.06. The highest BCUT2D eigenvalue weighted by molar-refractivity contribution is 5.92. The molecule has 4 nitrogen and oxygen atoms in total. The summed E-state index contributed by atoms with van der Waals surface area (Å²) in [7, 11) is 0. The van der Waals surface area contributed by atoms with Gasteiger partial charge in [-0.15, -0.1) is 0 Å². The standard InChI is InChI=1S/C12H14N2O2/c1-9-4-5-10(14)8-11(9)12(15)16-7-3-2-6-13/h4-5,8H,2-3,7,14H2,1H3. The molecule has 0 spiro atoms. The van der Waals surface area contributed by atoms with Crippen LogP contribution in [0.25, 0.3) is 0 Å². The Kier molecular flexibility index (Phi) is 4.34. The van der Waals surface area contributed by atoms with E-state index in [2.05, 4.69) is 0 Å². The number of esters is 1. The van der Waals surface area contributed by atoms with E-state index in [0.29, 0.717) is 24.1 Å². The van der Waals surface area contributed by atoms with Crippen LogP contribution in [0, 0.1) is 18.3 Å². The Morgan fingerprint density at radius 3 is 3.00 bits per heavy atom. The molecule has 0 atom stereocenters. The fraction of sp³-hybridized carbons (Fsp3) is 0.333. The van der Waals surface area contributed by atoms with Crippen LogP contribution in [0.3, 0.4) is 0 Å². The lowest BCUT2D eigenvalue weighted by molar-refractivity contribution is 0.0501. The molecule has 0 aromatic heterocycles. The molecule has 16 heavy (non-hydrogen) atoms. The molecule has 0 aliphatic carbocycles. The summed E-state index contributed by atoms with van der Waals surface area (Å²) in [6, 6.07) is 7.11. The number of benzene rings is 1. The number of carbonyl (C=O) groups excluding carboxylic acids is 1. The Morgan fingerprint density at radius 2 is 2.31 bits per heavy atom. The van der Waals surface area contributed by atoms with Crippen LogP contribution in [0.4, 0.5) is 5.69 Å². The van der Waals surface area contributed by atoms with E-state index in [0.717, 1.165) is 5.56 Å². The first kappa shape index (κ1) is 12.1. The van der Waals surface area contributed by atoms with Crippen molar-refractivity contribution in [2.75, 3.05) is 12.3 Å². The molecule has 2 N–H and O–H groups in total. The zero-order valence-electron chi connectivity index (χ0n) is 9.19. The third-order valence-electron chi connectivity index (χ3n) is 2.15. The van der Waals surface area contributed by atoms with Crippen molar-refractivity contribution in [2.45, 2.75) is 19.8 Å². The van der Waals surface area contributed by atoms with Crippen molar-refractivity contribution < 1.29 is 9.53 Å². The molecule has 0 unspecified atom stereocenters. The minimum atomic E-state index is -0.386. The normalized spacial score (nSPS) is 9.50. The average Bonchev–Trinajstić information content (AvgIpc) is 2.27. The second-order valence-electron chi connectivity index (χ2n) is 3.47. The second kappa shape index (κ2) is 5.76. The summed E-state index contributed by atoms with van der Waals surface area (Å²) in [4.78, 5) is 11.6. The minimum Gasteiger partial charge on any atom is -0.462 e. The monoisotopic (exact) mass is 218 g/mol. The Labute approximate surface area is 94.6 Å². The van der Waals surface area contributed by atoms with Crippen LogP contribution in [0.2, 0.25) is 0 Å². The fourth-order valence-corrected chi connectivity index (χ4v) is 1.25. The van der Waals surface area contributed by atoms with Crippen LogP contribution in [-0.2, 0) is 4.74 Å². The van der Waals surface area contributed by atoms with E-state index in [4.69, 9.17) is 15.7 Å². The number of nitriles is 1. The first-order chi connectivity index (χ1) is 7.65. The maximum atomic E-state index is 11.6. The molecule has 0 bridgehead atoms. The highest BCUT2D eigenvalue weighted by atomic mass is 16.5. The second-order valence-corrected chi connectivity index (χ2v) is 3.47. The number of ether oxygens (including phenoxy) is 1. The van der Waals surface area contributed by atoms with Gasteiger partial charge in [-0.1, -0.05) is 6.07 Å². The lowest BCUT2D eigenvalue weighted by atomic mass is 10.1. The zero-order valence-corrected chi connectivity index (χ0v) is 9.19. The molecule has 0 saturated heterocycles. The van der Waals surface area contributed by atoms with Gasteiger partial charge in [0.05, 0.1) is 18.2 Å². The van der Waals surface area contributed by atoms with Crippen molar-refractivity contribution in [3.63, 3.8) is 0 Å². The number of hydrogen-bond donors (Lipinski definition) is 1. The third-order valence-corrected chi connectivity index (χ3v) is 2.15. The van der Waals surface area contributed by atoms with E-state index in [9.17, 15) is 4.79 Å². The highest BCUT2D eigenvalue weighted by Gasteiger charge is 2.10. The van der Waals surface area contributed by atoms with Crippen LogP contribution in [0.15, 0.2) is 18.2 Å². The number of hydrogen-bond acceptors (Lipinski definition) is 4. The number of nitrogen functional groups attached to an aromatic ring is 1. The van der Waals surface area contributed by atoms with Crippen molar-refractivity contribution in [3.8, 4) is 6.07 Å². The van der Waals surface area contributed by atoms with Crippen molar-refractivity contribution in [3.05, 3.63) is 29.3 Å². The maximum Gasteiger partial charge on any atom is 0.338 e. The van der Waals surface area contributed by atoms with Crippen LogP contribution < -0.4 is 5.73 Å². The Bertz CT molecular complexity index is 422. The molecular formula is C12H14N2O2. The van der Waals surface area contributed by atoms with E-state index in [1.807, 2.05) is 13.0 Å². The van der Waals surface area contributed by atoms with Gasteiger partial charge in [0, 0.05) is 12.1 Å². The largest absolute Gasteiger partial charge is 0.462 e. The topological polar surface area (TPSA) is 76.1 Å². The summed E-state index contributed by atoms with van der Waals surface area (Å²) < 4.78 is 5.02. The van der Waals surface area contributed by atoms with Crippen molar-refractivity contribution in [1.29, 1.82) is 5.26 Å². The minimum absolute atomic E-state index is 0.265. The Hall–Kier alpha value is -2.02. The average molecular weight is 218 g/mol. The van der Waals surface area contributed by atoms with Crippen molar-refractivity contribution in [2.24, 2.45) is 0 Å². The molecule has 0 aliphatic rings. The van der Waals surface area contributed by atoms with Crippen LogP contribution in [-0.4, -0.2) is 12.6 Å². The molecule has 0 radical (unpaired) electrons. The van der Waals surface area contributed by atoms with Gasteiger partial charge in [0.25, 0.3) is 0 Å². The summed E-state index contributed by atoms with van der Waals surface area (Å²) in [6.45, 7) is 2.09. The number of nitrogens with zero attached hydrogens (tertiary/aromatic N) is 1. The van der Waals surface area contributed by atoms with E-state index in [1.165, 1.54) is 0 Å². The molecule has 0 saturated carbocycles. The molecular weight excluding hydrogens is 204 g/mol. The van der Waals surface area contributed by atoms with Gasteiger partial charge in [0.2, 0.25) is 0 Å². The van der Waals surface area contributed by atoms with Gasteiger partial charge < -0.3 is 10.5 Å². The first-order valence-corrected chi connectivity index (χ1v) is 5.05. The Balaban J connectivity index is 2.59. The van der Waals surface area contributed by atoms with Crippen LogP contribution in [0.5, 0.6) is 0 Å². The van der Waals surface area contributed by atoms with E-state index >= 15 is 0 Å². The van der Waals surface area contributed by atoms with Crippen LogP contribution >= 0.6 is 0 Å². The molecule has 1 aromatic carbocycles. The number of unbranched alkanes of at least 4 members (excludes halogenated alkanes) is 1. The van der Waals surface area contributed by atoms with Gasteiger partial charge in [-0.3, -0.25) is 0 Å². The van der Waals surface area contributed by atoms with Crippen LogP contribution in [0.1, 0.15) is 28.8 Å². The van der Waals surface area contributed by atoms with Gasteiger partial charge >= 0.3 is 5.97 Å². The third kappa shape index (κ3) is 3.28. The molecule has 0 amide bonds. The van der Waals surface area contributed by atoms with Crippen molar-refractivity contribution in [1.82, 2.24) is 0 Å². The van der Waals surface area contributed by atoms with Crippen molar-refractivity contribution >= 4 is 11.7 Å². The summed E-state index contributed by atoms with van der Waals surface area (Å²) >= 11 is 0. The molecule has 84 valence electrons. The van der Waals surface area contributed by atoms with Gasteiger partial charge in [-0.05, 0) is 31.0 Å². The molecule has 1 aromatic rings. The van der Waals surface area contributed by atoms with Gasteiger partial charge in [0.15, 0.2) is 0 Å². The lowest BCUT2D eigenvalue weighted by Crippen LogP contribution is -2.08. The molecule has 1 rings (SSSR count). The fourth-order valence-electron chi connectivity index (χ4n) is 1.25. The summed E-state index contributed by atoms with van der Waals surface area (Å²) in [5, 5.41) is 8.32. The number of aryl methyl sites for hydroxylation is 1. The molecule has 4 heteroatoms. The summed E-state index contributed by atoms with van der Waals surface area (Å²) in [6.07, 6.45) is 0.951. The Morgan fingerprint density at radius 1 is 1.56 bits per heavy atom. The van der Waals surface area contributed by atoms with Gasteiger partial charge in [-0.2, -0.15) is 5.26 Å². The van der Waals surface area contributed by atoms with E-state index in [-0.39, 0.29) is 12.6 Å². The van der Waals surface area contributed by atoms with E-state index in [1.54, 1.807) is 18.2 Å². The number of anilines is 1. The first-order valence-electron chi connectivity index (χ1n) is 5.05. The highest BCUT2D eigenvalue weighted by Crippen LogP contribution is 2.13. The smallest absolute Gasteiger partial charge is 0.338 e. The number of carbonyl (C=O) groups is 1. The summed E-state index contributed by atoms with van der Waals surface area (Å²) in [5.74, 6) is -0.386. The predicted octanol–water partition coefficient (Wildman–Crippen LogP) is 2.04. The number of nitrogens with two attached hydrogens (primary N) is 1. The van der Waals surface area contributed by atoms with Gasteiger partial charge in [-0.25, -0.2) is 4.79 Å². The number of rotatable bonds is 4. The SMILES string of the molecule is Cc1ccc(N)cc1C(=O)OCCCC#N. The van der Waals surface area contributed by atoms with E-state index < -0.39 is 0 Å². The van der Waals surface area contributed by atoms with Gasteiger partial charge in [0.1, 0.15) is 0 Å².